The molecule has 0 aliphatic heterocycles. The fourth-order valence-corrected chi connectivity index (χ4v) is 2.39. The average Bonchev–Trinajstić information content (AvgIpc) is 2.61. The Kier molecular flexibility index (Phi) is 6.70. The molecule has 2 aromatic carbocycles. The highest BCUT2D eigenvalue weighted by atomic mass is 16.6. The summed E-state index contributed by atoms with van der Waals surface area (Å²) in [4.78, 5) is 33.9. The van der Waals surface area contributed by atoms with Gasteiger partial charge in [0.15, 0.2) is 0 Å². The largest absolute Gasteiger partial charge is 0.495 e. The van der Waals surface area contributed by atoms with Crippen LogP contribution < -0.4 is 20.7 Å². The number of benzene rings is 2. The lowest BCUT2D eigenvalue weighted by Gasteiger charge is -2.13. The molecule has 27 heavy (non-hydrogen) atoms. The van der Waals surface area contributed by atoms with Gasteiger partial charge in [-0.25, -0.2) is 0 Å². The van der Waals surface area contributed by atoms with Gasteiger partial charge in [0.25, 0.3) is 5.69 Å². The van der Waals surface area contributed by atoms with Gasteiger partial charge < -0.3 is 20.7 Å². The highest BCUT2D eigenvalue weighted by Crippen LogP contribution is 2.28. The van der Waals surface area contributed by atoms with Crippen LogP contribution in [0.1, 0.15) is 13.3 Å². The summed E-state index contributed by atoms with van der Waals surface area (Å²) in [5.41, 5.74) is 1.24. The highest BCUT2D eigenvalue weighted by Gasteiger charge is 2.13. The number of nitrogens with one attached hydrogen (secondary N) is 3. The van der Waals surface area contributed by atoms with Crippen molar-refractivity contribution in [1.82, 2.24) is 0 Å². The Morgan fingerprint density at radius 3 is 2.52 bits per heavy atom. The van der Waals surface area contributed by atoms with E-state index in [4.69, 9.17) is 4.74 Å². The number of carbonyl (C=O) groups excluding carboxylic acids is 2. The van der Waals surface area contributed by atoms with E-state index in [1.807, 2.05) is 0 Å². The molecule has 0 aromatic heterocycles. The van der Waals surface area contributed by atoms with Crippen LogP contribution in [0.15, 0.2) is 42.5 Å². The van der Waals surface area contributed by atoms with Crippen LogP contribution in [0.2, 0.25) is 0 Å². The summed E-state index contributed by atoms with van der Waals surface area (Å²) in [5.74, 6) is -0.0884. The molecule has 142 valence electrons. The van der Waals surface area contributed by atoms with Crippen molar-refractivity contribution in [3.05, 3.63) is 52.6 Å². The molecule has 0 aliphatic rings. The smallest absolute Gasteiger partial charge is 0.292 e. The number of rotatable bonds is 8. The number of nitro groups is 1. The van der Waals surface area contributed by atoms with Gasteiger partial charge >= 0.3 is 0 Å². The van der Waals surface area contributed by atoms with E-state index in [1.165, 1.54) is 20.1 Å². The highest BCUT2D eigenvalue weighted by molar-refractivity contribution is 5.95. The van der Waals surface area contributed by atoms with Gasteiger partial charge in [0.1, 0.15) is 11.4 Å². The van der Waals surface area contributed by atoms with Crippen molar-refractivity contribution in [2.24, 2.45) is 0 Å². The molecule has 3 N–H and O–H groups in total. The third-order valence-electron chi connectivity index (χ3n) is 3.56. The number of nitrogens with zero attached hydrogens (tertiary/aromatic N) is 1. The zero-order valence-electron chi connectivity index (χ0n) is 14.9. The monoisotopic (exact) mass is 372 g/mol. The lowest BCUT2D eigenvalue weighted by Crippen LogP contribution is -2.17. The standard InChI is InChI=1S/C18H20N4O5/c1-12(23)20-13-7-8-17(27-2)15(11-13)21-18(24)9-10-19-14-5-3-4-6-16(14)22(25)26/h3-8,11,19H,9-10H2,1-2H3,(H,20,23)(H,21,24). The number of ether oxygens (including phenoxy) is 1. The summed E-state index contributed by atoms with van der Waals surface area (Å²) >= 11 is 0. The number of hydrogen-bond acceptors (Lipinski definition) is 6. The Morgan fingerprint density at radius 2 is 1.85 bits per heavy atom. The first-order valence-corrected chi connectivity index (χ1v) is 8.13. The molecule has 0 radical (unpaired) electrons. The predicted octanol–water partition coefficient (Wildman–Crippen LogP) is 3.00. The number of nitro benzene ring substituents is 1. The van der Waals surface area contributed by atoms with E-state index in [0.29, 0.717) is 22.8 Å². The predicted molar refractivity (Wildman–Crippen MR) is 102 cm³/mol. The molecule has 2 rings (SSSR count). The Morgan fingerprint density at radius 1 is 1.11 bits per heavy atom. The molecule has 2 amide bonds. The Bertz CT molecular complexity index is 853. The first-order valence-electron chi connectivity index (χ1n) is 8.13. The van der Waals surface area contributed by atoms with Crippen LogP contribution in [0, 0.1) is 10.1 Å². The van der Waals surface area contributed by atoms with Gasteiger partial charge in [0.05, 0.1) is 17.7 Å². The van der Waals surface area contributed by atoms with Crippen molar-refractivity contribution >= 4 is 34.6 Å². The van der Waals surface area contributed by atoms with E-state index in [1.54, 1.807) is 36.4 Å². The molecule has 0 saturated heterocycles. The lowest BCUT2D eigenvalue weighted by molar-refractivity contribution is -0.384. The minimum atomic E-state index is -0.485. The molecule has 9 nitrogen and oxygen atoms in total. The van der Waals surface area contributed by atoms with Crippen LogP contribution in [0.25, 0.3) is 0 Å². The van der Waals surface area contributed by atoms with E-state index in [-0.39, 0.29) is 30.5 Å². The molecule has 0 atom stereocenters. The van der Waals surface area contributed by atoms with Crippen molar-refractivity contribution in [1.29, 1.82) is 0 Å². The topological polar surface area (TPSA) is 123 Å². The molecular weight excluding hydrogens is 352 g/mol. The third-order valence-corrected chi connectivity index (χ3v) is 3.56. The summed E-state index contributed by atoms with van der Waals surface area (Å²) in [7, 11) is 1.47. The van der Waals surface area contributed by atoms with Crippen molar-refractivity contribution < 1.29 is 19.2 Å². The number of para-hydroxylation sites is 2. The second-order valence-electron chi connectivity index (χ2n) is 5.60. The molecular formula is C18H20N4O5. The fourth-order valence-electron chi connectivity index (χ4n) is 2.39. The van der Waals surface area contributed by atoms with Crippen molar-refractivity contribution in [3.8, 4) is 5.75 Å². The molecule has 0 bridgehead atoms. The lowest BCUT2D eigenvalue weighted by atomic mass is 10.2. The SMILES string of the molecule is COc1ccc(NC(C)=O)cc1NC(=O)CCNc1ccccc1[N+](=O)[O-]. The maximum Gasteiger partial charge on any atom is 0.292 e. The van der Waals surface area contributed by atoms with E-state index in [2.05, 4.69) is 16.0 Å². The molecule has 9 heteroatoms. The Balaban J connectivity index is 1.98. The summed E-state index contributed by atoms with van der Waals surface area (Å²) in [6.07, 6.45) is 0.0829. The maximum atomic E-state index is 12.2. The number of hydrogen-bond donors (Lipinski definition) is 3. The zero-order valence-corrected chi connectivity index (χ0v) is 14.9. The van der Waals surface area contributed by atoms with Crippen LogP contribution in [-0.2, 0) is 9.59 Å². The van der Waals surface area contributed by atoms with Crippen molar-refractivity contribution in [2.75, 3.05) is 29.6 Å². The first-order chi connectivity index (χ1) is 12.9. The summed E-state index contributed by atoms with van der Waals surface area (Å²) in [6.45, 7) is 1.60. The normalized spacial score (nSPS) is 10.0. The van der Waals surface area contributed by atoms with E-state index in [0.717, 1.165) is 0 Å². The van der Waals surface area contributed by atoms with E-state index in [9.17, 15) is 19.7 Å². The van der Waals surface area contributed by atoms with Crippen LogP contribution in [0.4, 0.5) is 22.7 Å². The van der Waals surface area contributed by atoms with Gasteiger partial charge in [-0.2, -0.15) is 0 Å². The van der Waals surface area contributed by atoms with Crippen molar-refractivity contribution in [2.45, 2.75) is 13.3 Å². The van der Waals surface area contributed by atoms with Gasteiger partial charge in [-0.15, -0.1) is 0 Å². The minimum Gasteiger partial charge on any atom is -0.495 e. The maximum absolute atomic E-state index is 12.2. The number of anilines is 3. The van der Waals surface area contributed by atoms with Gasteiger partial charge in [0, 0.05) is 31.6 Å². The van der Waals surface area contributed by atoms with E-state index < -0.39 is 4.92 Å². The average molecular weight is 372 g/mol. The van der Waals surface area contributed by atoms with Crippen LogP contribution in [0.5, 0.6) is 5.75 Å². The van der Waals surface area contributed by atoms with E-state index >= 15 is 0 Å². The summed E-state index contributed by atoms with van der Waals surface area (Å²) in [6, 6.07) is 11.1. The molecule has 0 fully saturated rings. The molecule has 0 spiro atoms. The quantitative estimate of drug-likeness (QED) is 0.483. The second kappa shape index (κ2) is 9.18. The Labute approximate surface area is 155 Å². The zero-order chi connectivity index (χ0) is 19.8. The van der Waals surface area contributed by atoms with Gasteiger partial charge in [-0.05, 0) is 24.3 Å². The van der Waals surface area contributed by atoms with Crippen molar-refractivity contribution in [3.63, 3.8) is 0 Å². The van der Waals surface area contributed by atoms with Gasteiger partial charge in [0.2, 0.25) is 11.8 Å². The van der Waals surface area contributed by atoms with Crippen LogP contribution >= 0.6 is 0 Å². The van der Waals surface area contributed by atoms with Gasteiger partial charge in [-0.3, -0.25) is 19.7 Å². The molecule has 0 saturated carbocycles. The number of amides is 2. The second-order valence-corrected chi connectivity index (χ2v) is 5.60. The number of methoxy groups -OCH3 is 1. The summed E-state index contributed by atoms with van der Waals surface area (Å²) in [5, 5.41) is 19.2. The Hall–Kier alpha value is -3.62. The molecule has 0 heterocycles. The van der Waals surface area contributed by atoms with Gasteiger partial charge in [-0.1, -0.05) is 12.1 Å². The third kappa shape index (κ3) is 5.70. The molecule has 0 aliphatic carbocycles. The number of carbonyl (C=O) groups is 2. The van der Waals surface area contributed by atoms with Crippen LogP contribution in [-0.4, -0.2) is 30.4 Å². The first kappa shape index (κ1) is 19.7. The fraction of sp³-hybridized carbons (Fsp3) is 0.222. The minimum absolute atomic E-state index is 0.0532. The summed E-state index contributed by atoms with van der Waals surface area (Å²) < 4.78 is 5.20. The van der Waals surface area contributed by atoms with Crippen LogP contribution in [0.3, 0.4) is 0 Å². The molecule has 2 aromatic rings. The molecule has 0 unspecified atom stereocenters.